The van der Waals surface area contributed by atoms with E-state index in [4.69, 9.17) is 10.6 Å². The van der Waals surface area contributed by atoms with Gasteiger partial charge in [-0.1, -0.05) is 18.2 Å². The van der Waals surface area contributed by atoms with Gasteiger partial charge in [0.05, 0.1) is 0 Å². The Morgan fingerprint density at radius 2 is 2.21 bits per heavy atom. The number of rotatable bonds is 6. The fourth-order valence-corrected chi connectivity index (χ4v) is 1.63. The number of halogens is 1. The van der Waals surface area contributed by atoms with Crippen molar-refractivity contribution in [2.24, 2.45) is 10.8 Å². The average Bonchev–Trinajstić information content (AvgIpc) is 2.41. The topological polar surface area (TPSA) is 62.9 Å². The average molecular weight is 268 g/mol. The molecule has 3 N–H and O–H groups in total. The van der Waals surface area contributed by atoms with Crippen molar-refractivity contribution in [2.45, 2.75) is 13.0 Å². The number of hydrogen-bond acceptors (Lipinski definition) is 3. The van der Waals surface area contributed by atoms with Crippen molar-refractivity contribution in [1.82, 2.24) is 10.3 Å². The van der Waals surface area contributed by atoms with Crippen LogP contribution < -0.4 is 11.3 Å². The molecule has 106 valence electrons. The maximum Gasteiger partial charge on any atom is 0.208 e. The van der Waals surface area contributed by atoms with Gasteiger partial charge in [0.25, 0.3) is 0 Å². The van der Waals surface area contributed by atoms with Crippen LogP contribution in [0.3, 0.4) is 0 Å². The molecule has 0 spiro atoms. The van der Waals surface area contributed by atoms with Crippen LogP contribution in [0.1, 0.15) is 12.0 Å². The van der Waals surface area contributed by atoms with Crippen molar-refractivity contribution in [1.29, 1.82) is 0 Å². The van der Waals surface area contributed by atoms with Crippen LogP contribution in [0.15, 0.2) is 29.3 Å². The van der Waals surface area contributed by atoms with Gasteiger partial charge in [-0.25, -0.2) is 10.2 Å². The zero-order chi connectivity index (χ0) is 14.1. The maximum absolute atomic E-state index is 13.5. The zero-order valence-electron chi connectivity index (χ0n) is 11.4. The van der Waals surface area contributed by atoms with Crippen molar-refractivity contribution < 1.29 is 9.13 Å². The molecule has 0 saturated carbocycles. The molecule has 0 aliphatic rings. The number of methoxy groups -OCH3 is 1. The summed E-state index contributed by atoms with van der Waals surface area (Å²) in [7, 11) is 3.46. The van der Waals surface area contributed by atoms with Crippen LogP contribution in [0.2, 0.25) is 0 Å². The Morgan fingerprint density at radius 3 is 2.84 bits per heavy atom. The van der Waals surface area contributed by atoms with E-state index in [1.165, 1.54) is 6.07 Å². The molecule has 1 aromatic carbocycles. The van der Waals surface area contributed by atoms with Crippen LogP contribution >= 0.6 is 0 Å². The van der Waals surface area contributed by atoms with Crippen LogP contribution in [0.25, 0.3) is 0 Å². The Hall–Kier alpha value is -1.66. The van der Waals surface area contributed by atoms with Gasteiger partial charge in [0.2, 0.25) is 5.96 Å². The molecule has 0 atom stereocenters. The Balaban J connectivity index is 2.58. The molecule has 1 aromatic rings. The lowest BCUT2D eigenvalue weighted by molar-refractivity contribution is 0.197. The van der Waals surface area contributed by atoms with Gasteiger partial charge in [0, 0.05) is 39.4 Å². The molecule has 1 rings (SSSR count). The van der Waals surface area contributed by atoms with Crippen LogP contribution in [-0.4, -0.2) is 38.2 Å². The molecule has 0 radical (unpaired) electrons. The van der Waals surface area contributed by atoms with Crippen molar-refractivity contribution >= 4 is 5.96 Å². The number of nitrogens with two attached hydrogens (primary N) is 1. The Labute approximate surface area is 113 Å². The Kier molecular flexibility index (Phi) is 6.84. The number of hydrazine groups is 1. The van der Waals surface area contributed by atoms with Crippen LogP contribution in [0.5, 0.6) is 0 Å². The monoisotopic (exact) mass is 268 g/mol. The predicted octanol–water partition coefficient (Wildman–Crippen LogP) is 1.11. The van der Waals surface area contributed by atoms with Crippen molar-refractivity contribution in [3.8, 4) is 0 Å². The zero-order valence-corrected chi connectivity index (χ0v) is 11.4. The van der Waals surface area contributed by atoms with E-state index in [0.717, 1.165) is 6.42 Å². The van der Waals surface area contributed by atoms with Gasteiger partial charge in [0.1, 0.15) is 5.82 Å². The van der Waals surface area contributed by atoms with E-state index in [9.17, 15) is 4.39 Å². The third-order valence-corrected chi connectivity index (χ3v) is 2.62. The minimum atomic E-state index is -0.231. The lowest BCUT2D eigenvalue weighted by Gasteiger charge is -2.21. The first-order valence-electron chi connectivity index (χ1n) is 6.13. The third-order valence-electron chi connectivity index (χ3n) is 2.62. The number of nitrogens with one attached hydrogen (secondary N) is 1. The normalized spacial score (nSPS) is 11.5. The van der Waals surface area contributed by atoms with Gasteiger partial charge in [-0.2, -0.15) is 0 Å². The SMILES string of the molecule is COCCCN=C(NN)N(C)Cc1ccccc1F. The largest absolute Gasteiger partial charge is 0.385 e. The number of ether oxygens (including phenoxy) is 1. The van der Waals surface area contributed by atoms with Gasteiger partial charge < -0.3 is 9.64 Å². The van der Waals surface area contributed by atoms with E-state index >= 15 is 0 Å². The van der Waals surface area contributed by atoms with Gasteiger partial charge in [-0.05, 0) is 12.5 Å². The number of hydrogen-bond donors (Lipinski definition) is 2. The van der Waals surface area contributed by atoms with Gasteiger partial charge in [-0.15, -0.1) is 0 Å². The maximum atomic E-state index is 13.5. The summed E-state index contributed by atoms with van der Waals surface area (Å²) in [6, 6.07) is 6.65. The third kappa shape index (κ3) is 5.23. The van der Waals surface area contributed by atoms with Crippen molar-refractivity contribution in [3.05, 3.63) is 35.6 Å². The van der Waals surface area contributed by atoms with E-state index < -0.39 is 0 Å². The molecule has 0 fully saturated rings. The lowest BCUT2D eigenvalue weighted by atomic mass is 10.2. The highest BCUT2D eigenvalue weighted by Crippen LogP contribution is 2.08. The van der Waals surface area contributed by atoms with Crippen LogP contribution in [0.4, 0.5) is 4.39 Å². The van der Waals surface area contributed by atoms with E-state index in [2.05, 4.69) is 10.4 Å². The number of benzene rings is 1. The molecule has 0 aromatic heterocycles. The minimum Gasteiger partial charge on any atom is -0.385 e. The Bertz CT molecular complexity index is 411. The summed E-state index contributed by atoms with van der Waals surface area (Å²) in [5, 5.41) is 0. The molecule has 0 saturated heterocycles. The molecule has 6 heteroatoms. The highest BCUT2D eigenvalue weighted by atomic mass is 19.1. The summed E-state index contributed by atoms with van der Waals surface area (Å²) >= 11 is 0. The second kappa shape index (κ2) is 8.44. The van der Waals surface area contributed by atoms with Crippen molar-refractivity contribution in [3.63, 3.8) is 0 Å². The summed E-state index contributed by atoms with van der Waals surface area (Å²) in [6.45, 7) is 1.66. The molecule has 0 heterocycles. The summed E-state index contributed by atoms with van der Waals surface area (Å²) in [5.41, 5.74) is 3.13. The first kappa shape index (κ1) is 15.4. The summed E-state index contributed by atoms with van der Waals surface area (Å²) in [4.78, 5) is 6.08. The van der Waals surface area contributed by atoms with E-state index in [0.29, 0.717) is 31.2 Å². The fourth-order valence-electron chi connectivity index (χ4n) is 1.63. The Morgan fingerprint density at radius 1 is 1.47 bits per heavy atom. The molecule has 0 aliphatic heterocycles. The van der Waals surface area contributed by atoms with E-state index in [1.54, 1.807) is 37.3 Å². The van der Waals surface area contributed by atoms with E-state index in [-0.39, 0.29) is 5.82 Å². The molecule has 0 aliphatic carbocycles. The minimum absolute atomic E-state index is 0.231. The highest BCUT2D eigenvalue weighted by Gasteiger charge is 2.08. The summed E-state index contributed by atoms with van der Waals surface area (Å²) in [6.07, 6.45) is 0.815. The number of guanidine groups is 1. The second-order valence-corrected chi connectivity index (χ2v) is 4.14. The fraction of sp³-hybridized carbons (Fsp3) is 0.462. The molecule has 0 unspecified atom stereocenters. The van der Waals surface area contributed by atoms with Crippen molar-refractivity contribution in [2.75, 3.05) is 27.3 Å². The predicted molar refractivity (Wildman–Crippen MR) is 74.0 cm³/mol. The summed E-state index contributed by atoms with van der Waals surface area (Å²) in [5.74, 6) is 5.73. The van der Waals surface area contributed by atoms with Crippen LogP contribution in [0, 0.1) is 5.82 Å². The molecule has 19 heavy (non-hydrogen) atoms. The highest BCUT2D eigenvalue weighted by molar-refractivity contribution is 5.79. The summed E-state index contributed by atoms with van der Waals surface area (Å²) < 4.78 is 18.5. The quantitative estimate of drug-likeness (QED) is 0.267. The first-order valence-corrected chi connectivity index (χ1v) is 6.13. The van der Waals surface area contributed by atoms with Gasteiger partial charge >= 0.3 is 0 Å². The first-order chi connectivity index (χ1) is 9.19. The van der Waals surface area contributed by atoms with Crippen LogP contribution in [-0.2, 0) is 11.3 Å². The molecular weight excluding hydrogens is 247 g/mol. The number of nitrogens with zero attached hydrogens (tertiary/aromatic N) is 2. The standard InChI is InChI=1S/C13H21FN4O/c1-18(10-11-6-3-4-7-12(11)14)13(17-15)16-8-5-9-19-2/h3-4,6-7H,5,8-10,15H2,1-2H3,(H,16,17). The molecule has 0 amide bonds. The van der Waals surface area contributed by atoms with Gasteiger partial charge in [-0.3, -0.25) is 10.4 Å². The lowest BCUT2D eigenvalue weighted by Crippen LogP contribution is -2.42. The van der Waals surface area contributed by atoms with Gasteiger partial charge in [0.15, 0.2) is 0 Å². The number of aliphatic imine (C=N–C) groups is 1. The molecule has 5 nitrogen and oxygen atoms in total. The smallest absolute Gasteiger partial charge is 0.208 e. The molecular formula is C13H21FN4O. The van der Waals surface area contributed by atoms with E-state index in [1.807, 2.05) is 0 Å². The second-order valence-electron chi connectivity index (χ2n) is 4.14. The molecule has 0 bridgehead atoms.